The highest BCUT2D eigenvalue weighted by atomic mass is 16.4. The molecule has 3 heterocycles. The van der Waals surface area contributed by atoms with Gasteiger partial charge in [-0.3, -0.25) is 14.4 Å². The molecule has 0 spiro atoms. The van der Waals surface area contributed by atoms with Gasteiger partial charge in [-0.2, -0.15) is 0 Å². The number of hydrogen-bond acceptors (Lipinski definition) is 4. The summed E-state index contributed by atoms with van der Waals surface area (Å²) < 4.78 is 5.27. The number of benzene rings is 1. The normalized spacial score (nSPS) is 24.1. The van der Waals surface area contributed by atoms with Gasteiger partial charge in [0, 0.05) is 25.6 Å². The summed E-state index contributed by atoms with van der Waals surface area (Å²) in [5, 5.41) is 9.37. The Kier molecular flexibility index (Phi) is 4.66. The van der Waals surface area contributed by atoms with Crippen molar-refractivity contribution in [1.29, 1.82) is 0 Å². The molecule has 7 heteroatoms. The van der Waals surface area contributed by atoms with Gasteiger partial charge in [0.1, 0.15) is 6.04 Å². The maximum absolute atomic E-state index is 13.4. The van der Waals surface area contributed by atoms with Crippen LogP contribution in [0.5, 0.6) is 0 Å². The SMILES string of the molecule is CC1C(C(=O)O)CCN1C(=O)C1Cc2ccccc2CN1C(=O)c1ccco1. The largest absolute Gasteiger partial charge is 0.481 e. The monoisotopic (exact) mass is 382 g/mol. The number of carboxylic acids is 1. The molecule has 7 nitrogen and oxygen atoms in total. The van der Waals surface area contributed by atoms with Crippen LogP contribution in [0.2, 0.25) is 0 Å². The Morgan fingerprint density at radius 1 is 1.07 bits per heavy atom. The summed E-state index contributed by atoms with van der Waals surface area (Å²) >= 11 is 0. The molecule has 1 N–H and O–H groups in total. The third kappa shape index (κ3) is 3.06. The van der Waals surface area contributed by atoms with Gasteiger partial charge >= 0.3 is 5.97 Å². The van der Waals surface area contributed by atoms with Crippen molar-refractivity contribution in [3.05, 3.63) is 59.5 Å². The number of carbonyl (C=O) groups is 3. The molecule has 3 atom stereocenters. The molecule has 2 aliphatic heterocycles. The summed E-state index contributed by atoms with van der Waals surface area (Å²) in [6.45, 7) is 2.47. The first-order chi connectivity index (χ1) is 13.5. The zero-order valence-corrected chi connectivity index (χ0v) is 15.6. The fraction of sp³-hybridized carbons (Fsp3) is 0.381. The highest BCUT2D eigenvalue weighted by molar-refractivity contribution is 5.96. The van der Waals surface area contributed by atoms with Gasteiger partial charge in [-0.25, -0.2) is 0 Å². The zero-order chi connectivity index (χ0) is 19.8. The zero-order valence-electron chi connectivity index (χ0n) is 15.6. The van der Waals surface area contributed by atoms with Gasteiger partial charge in [0.2, 0.25) is 5.91 Å². The van der Waals surface area contributed by atoms with Crippen LogP contribution in [0, 0.1) is 5.92 Å². The minimum Gasteiger partial charge on any atom is -0.481 e. The molecule has 0 aliphatic carbocycles. The van der Waals surface area contributed by atoms with Crippen LogP contribution < -0.4 is 0 Å². The number of rotatable bonds is 3. The van der Waals surface area contributed by atoms with Gasteiger partial charge < -0.3 is 19.3 Å². The Hall–Kier alpha value is -3.09. The van der Waals surface area contributed by atoms with Gasteiger partial charge in [-0.1, -0.05) is 24.3 Å². The van der Waals surface area contributed by atoms with E-state index in [9.17, 15) is 19.5 Å². The van der Waals surface area contributed by atoms with Crippen molar-refractivity contribution in [2.24, 2.45) is 5.92 Å². The maximum Gasteiger partial charge on any atom is 0.308 e. The van der Waals surface area contributed by atoms with Crippen molar-refractivity contribution in [2.75, 3.05) is 6.54 Å². The van der Waals surface area contributed by atoms with E-state index in [4.69, 9.17) is 4.42 Å². The third-order valence-corrected chi connectivity index (χ3v) is 5.88. The molecule has 0 bridgehead atoms. The first-order valence-corrected chi connectivity index (χ1v) is 9.42. The van der Waals surface area contributed by atoms with Gasteiger partial charge in [-0.15, -0.1) is 0 Å². The van der Waals surface area contributed by atoms with E-state index in [0.29, 0.717) is 25.9 Å². The summed E-state index contributed by atoms with van der Waals surface area (Å²) in [6, 6.07) is 9.91. The van der Waals surface area contributed by atoms with Crippen molar-refractivity contribution in [3.8, 4) is 0 Å². The van der Waals surface area contributed by atoms with E-state index < -0.39 is 24.0 Å². The molecule has 146 valence electrons. The molecule has 1 saturated heterocycles. The minimum absolute atomic E-state index is 0.190. The lowest BCUT2D eigenvalue weighted by Crippen LogP contribution is -2.54. The van der Waals surface area contributed by atoms with Gasteiger partial charge in [0.15, 0.2) is 5.76 Å². The molecule has 2 aliphatic rings. The highest BCUT2D eigenvalue weighted by Crippen LogP contribution is 2.30. The summed E-state index contributed by atoms with van der Waals surface area (Å²) in [7, 11) is 0. The molecule has 2 aromatic rings. The van der Waals surface area contributed by atoms with Crippen LogP contribution in [0.25, 0.3) is 0 Å². The fourth-order valence-electron chi connectivity index (χ4n) is 4.27. The van der Waals surface area contributed by atoms with E-state index in [1.165, 1.54) is 6.26 Å². The molecular formula is C21H22N2O5. The quantitative estimate of drug-likeness (QED) is 0.879. The summed E-state index contributed by atoms with van der Waals surface area (Å²) in [6.07, 6.45) is 2.27. The number of carboxylic acid groups (broad SMARTS) is 1. The van der Waals surface area contributed by atoms with Crippen molar-refractivity contribution in [3.63, 3.8) is 0 Å². The Bertz CT molecular complexity index is 907. The van der Waals surface area contributed by atoms with Crippen LogP contribution in [0.4, 0.5) is 0 Å². The molecule has 1 aromatic carbocycles. The summed E-state index contributed by atoms with van der Waals surface area (Å²) in [5.41, 5.74) is 2.04. The topological polar surface area (TPSA) is 91.1 Å². The first-order valence-electron chi connectivity index (χ1n) is 9.42. The van der Waals surface area contributed by atoms with Gasteiger partial charge in [0.05, 0.1) is 12.2 Å². The molecule has 1 aromatic heterocycles. The standard InChI is InChI=1S/C21H22N2O5/c1-13-16(21(26)27)8-9-22(13)19(24)17-11-14-5-2-3-6-15(14)12-23(17)20(25)18-7-4-10-28-18/h2-7,10,13,16-17H,8-9,11-12H2,1H3,(H,26,27). The van der Waals surface area contributed by atoms with Crippen molar-refractivity contribution in [2.45, 2.75) is 38.4 Å². The average molecular weight is 382 g/mol. The fourth-order valence-corrected chi connectivity index (χ4v) is 4.27. The maximum atomic E-state index is 13.4. The minimum atomic E-state index is -0.889. The van der Waals surface area contributed by atoms with Gasteiger partial charge in [-0.05, 0) is 36.6 Å². The molecule has 1 fully saturated rings. The number of aliphatic carboxylic acids is 1. The van der Waals surface area contributed by atoms with Crippen LogP contribution in [0.3, 0.4) is 0 Å². The van der Waals surface area contributed by atoms with Crippen LogP contribution in [0.15, 0.2) is 47.1 Å². The van der Waals surface area contributed by atoms with Crippen molar-refractivity contribution < 1.29 is 23.9 Å². The van der Waals surface area contributed by atoms with Gasteiger partial charge in [0.25, 0.3) is 5.91 Å². The van der Waals surface area contributed by atoms with Crippen LogP contribution in [0.1, 0.15) is 35.0 Å². The molecule has 4 rings (SSSR count). The number of likely N-dealkylation sites (tertiary alicyclic amines) is 1. The lowest BCUT2D eigenvalue weighted by atomic mass is 9.92. The second kappa shape index (κ2) is 7.14. The van der Waals surface area contributed by atoms with E-state index in [0.717, 1.165) is 11.1 Å². The molecule has 0 saturated carbocycles. The smallest absolute Gasteiger partial charge is 0.308 e. The number of carbonyl (C=O) groups excluding carboxylic acids is 2. The second-order valence-corrected chi connectivity index (χ2v) is 7.40. The second-order valence-electron chi connectivity index (χ2n) is 7.40. The Morgan fingerprint density at radius 2 is 1.82 bits per heavy atom. The van der Waals surface area contributed by atoms with E-state index in [1.54, 1.807) is 28.9 Å². The van der Waals surface area contributed by atoms with Crippen molar-refractivity contribution >= 4 is 17.8 Å². The summed E-state index contributed by atoms with van der Waals surface area (Å²) in [4.78, 5) is 41.0. The Morgan fingerprint density at radius 3 is 2.46 bits per heavy atom. The Balaban J connectivity index is 1.65. The van der Waals surface area contributed by atoms with Crippen molar-refractivity contribution in [1.82, 2.24) is 9.80 Å². The highest BCUT2D eigenvalue weighted by Gasteiger charge is 2.44. The molecule has 0 radical (unpaired) electrons. The predicted molar refractivity (Wildman–Crippen MR) is 99.4 cm³/mol. The predicted octanol–water partition coefficient (Wildman–Crippen LogP) is 2.17. The van der Waals surface area contributed by atoms with Crippen LogP contribution in [-0.4, -0.2) is 51.3 Å². The van der Waals surface area contributed by atoms with E-state index >= 15 is 0 Å². The molecule has 3 unspecified atom stereocenters. The molecule has 28 heavy (non-hydrogen) atoms. The number of fused-ring (bicyclic) bond motifs is 1. The summed E-state index contributed by atoms with van der Waals surface area (Å²) in [5.74, 6) is -1.81. The number of hydrogen-bond donors (Lipinski definition) is 1. The first kappa shape index (κ1) is 18.3. The van der Waals surface area contributed by atoms with E-state index in [-0.39, 0.29) is 17.6 Å². The molecule has 2 amide bonds. The van der Waals surface area contributed by atoms with Crippen LogP contribution >= 0.6 is 0 Å². The number of nitrogens with zero attached hydrogens (tertiary/aromatic N) is 2. The number of furan rings is 1. The Labute approximate surface area is 162 Å². The van der Waals surface area contributed by atoms with E-state index in [2.05, 4.69) is 0 Å². The molecular weight excluding hydrogens is 360 g/mol. The third-order valence-electron chi connectivity index (χ3n) is 5.88. The lowest BCUT2D eigenvalue weighted by Gasteiger charge is -2.38. The van der Waals surface area contributed by atoms with E-state index in [1.807, 2.05) is 24.3 Å². The average Bonchev–Trinajstić information content (AvgIpc) is 3.35. The van der Waals surface area contributed by atoms with Crippen LogP contribution in [-0.2, 0) is 22.6 Å². The number of amides is 2. The lowest BCUT2D eigenvalue weighted by molar-refractivity contribution is -0.144.